The third-order valence-electron chi connectivity index (χ3n) is 3.61. The van der Waals surface area contributed by atoms with Gasteiger partial charge in [0, 0.05) is 25.2 Å². The highest BCUT2D eigenvalue weighted by atomic mass is 16.2. The molecule has 18 heavy (non-hydrogen) atoms. The van der Waals surface area contributed by atoms with Crippen LogP contribution in [0.1, 0.15) is 47.0 Å². The van der Waals surface area contributed by atoms with Gasteiger partial charge in [-0.05, 0) is 39.2 Å². The maximum atomic E-state index is 12.0. The molecular weight excluding hydrogens is 226 g/mol. The van der Waals surface area contributed by atoms with Crippen molar-refractivity contribution in [2.75, 3.05) is 19.6 Å². The van der Waals surface area contributed by atoms with Gasteiger partial charge in [0.2, 0.25) is 0 Å². The summed E-state index contributed by atoms with van der Waals surface area (Å²) in [6.45, 7) is 11.3. The van der Waals surface area contributed by atoms with Crippen LogP contribution in [0.4, 0.5) is 4.79 Å². The molecule has 4 nitrogen and oxygen atoms in total. The fourth-order valence-electron chi connectivity index (χ4n) is 2.57. The van der Waals surface area contributed by atoms with Gasteiger partial charge in [0.15, 0.2) is 0 Å². The second-order valence-corrected chi connectivity index (χ2v) is 5.57. The van der Waals surface area contributed by atoms with Crippen LogP contribution in [-0.4, -0.2) is 42.6 Å². The summed E-state index contributed by atoms with van der Waals surface area (Å²) in [5, 5.41) is 6.60. The summed E-state index contributed by atoms with van der Waals surface area (Å²) in [7, 11) is 0. The molecular formula is C14H29N3O. The second-order valence-electron chi connectivity index (χ2n) is 5.57. The lowest BCUT2D eigenvalue weighted by Gasteiger charge is -2.39. The van der Waals surface area contributed by atoms with Gasteiger partial charge < -0.3 is 15.5 Å². The van der Waals surface area contributed by atoms with Gasteiger partial charge >= 0.3 is 6.03 Å². The number of hydrogen-bond donors (Lipinski definition) is 2. The average molecular weight is 255 g/mol. The predicted octanol–water partition coefficient (Wildman–Crippen LogP) is 2.20. The Hall–Kier alpha value is -0.770. The highest BCUT2D eigenvalue weighted by molar-refractivity contribution is 5.74. The molecule has 1 heterocycles. The van der Waals surface area contributed by atoms with Crippen molar-refractivity contribution in [3.8, 4) is 0 Å². The molecule has 1 rings (SSSR count). The SMILES string of the molecule is CCCNC1CCN(C(=O)NC(C)C)CC1CC. The number of carbonyl (C=O) groups excluding carboxylic acids is 1. The predicted molar refractivity (Wildman–Crippen MR) is 75.7 cm³/mol. The Morgan fingerprint density at radius 3 is 2.67 bits per heavy atom. The quantitative estimate of drug-likeness (QED) is 0.791. The first kappa shape index (κ1) is 15.3. The van der Waals surface area contributed by atoms with E-state index < -0.39 is 0 Å². The number of amides is 2. The molecule has 0 aromatic carbocycles. The number of likely N-dealkylation sites (tertiary alicyclic amines) is 1. The number of nitrogens with one attached hydrogen (secondary N) is 2. The van der Waals surface area contributed by atoms with Gasteiger partial charge in [0.05, 0.1) is 0 Å². The first-order valence-corrected chi connectivity index (χ1v) is 7.37. The average Bonchev–Trinajstić information content (AvgIpc) is 2.35. The second kappa shape index (κ2) is 7.62. The van der Waals surface area contributed by atoms with Gasteiger partial charge in [0.1, 0.15) is 0 Å². The van der Waals surface area contributed by atoms with E-state index in [1.54, 1.807) is 0 Å². The minimum atomic E-state index is 0.0948. The Balaban J connectivity index is 2.47. The summed E-state index contributed by atoms with van der Waals surface area (Å²) >= 11 is 0. The molecule has 2 N–H and O–H groups in total. The Bertz CT molecular complexity index is 255. The molecule has 0 saturated carbocycles. The van der Waals surface area contributed by atoms with E-state index in [-0.39, 0.29) is 12.1 Å². The molecule has 0 aromatic heterocycles. The van der Waals surface area contributed by atoms with Crippen LogP contribution >= 0.6 is 0 Å². The van der Waals surface area contributed by atoms with Crippen molar-refractivity contribution in [3.63, 3.8) is 0 Å². The number of rotatable bonds is 5. The van der Waals surface area contributed by atoms with E-state index in [2.05, 4.69) is 24.5 Å². The van der Waals surface area contributed by atoms with Gasteiger partial charge in [-0.15, -0.1) is 0 Å². The summed E-state index contributed by atoms with van der Waals surface area (Å²) in [4.78, 5) is 14.0. The van der Waals surface area contributed by atoms with Gasteiger partial charge in [-0.1, -0.05) is 20.3 Å². The van der Waals surface area contributed by atoms with Crippen LogP contribution in [0.2, 0.25) is 0 Å². The Labute approximate surface area is 111 Å². The first-order valence-electron chi connectivity index (χ1n) is 7.37. The van der Waals surface area contributed by atoms with Crippen molar-refractivity contribution < 1.29 is 4.79 Å². The zero-order valence-corrected chi connectivity index (χ0v) is 12.3. The molecule has 1 saturated heterocycles. The number of nitrogens with zero attached hydrogens (tertiary/aromatic N) is 1. The topological polar surface area (TPSA) is 44.4 Å². The highest BCUT2D eigenvalue weighted by Gasteiger charge is 2.29. The fourth-order valence-corrected chi connectivity index (χ4v) is 2.57. The van der Waals surface area contributed by atoms with E-state index in [0.717, 1.165) is 32.5 Å². The van der Waals surface area contributed by atoms with E-state index in [1.165, 1.54) is 6.42 Å². The molecule has 106 valence electrons. The van der Waals surface area contributed by atoms with Gasteiger partial charge in [-0.2, -0.15) is 0 Å². The van der Waals surface area contributed by atoms with E-state index >= 15 is 0 Å². The minimum absolute atomic E-state index is 0.0948. The van der Waals surface area contributed by atoms with E-state index in [0.29, 0.717) is 12.0 Å². The zero-order valence-electron chi connectivity index (χ0n) is 12.3. The number of carbonyl (C=O) groups is 1. The van der Waals surface area contributed by atoms with E-state index in [4.69, 9.17) is 0 Å². The number of piperidine rings is 1. The molecule has 0 aromatic rings. The standard InChI is InChI=1S/C14H29N3O/c1-5-8-15-13-7-9-17(10-12(13)6-2)14(18)16-11(3)4/h11-13,15H,5-10H2,1-4H3,(H,16,18). The van der Waals surface area contributed by atoms with Crippen LogP contribution in [0.15, 0.2) is 0 Å². The maximum Gasteiger partial charge on any atom is 0.317 e. The van der Waals surface area contributed by atoms with E-state index in [9.17, 15) is 4.79 Å². The lowest BCUT2D eigenvalue weighted by molar-refractivity contribution is 0.140. The summed E-state index contributed by atoms with van der Waals surface area (Å²) in [6, 6.07) is 0.893. The third-order valence-corrected chi connectivity index (χ3v) is 3.61. The molecule has 0 bridgehead atoms. The minimum Gasteiger partial charge on any atom is -0.336 e. The molecule has 2 amide bonds. The summed E-state index contributed by atoms with van der Waals surface area (Å²) < 4.78 is 0. The van der Waals surface area contributed by atoms with Crippen molar-refractivity contribution in [2.24, 2.45) is 5.92 Å². The van der Waals surface area contributed by atoms with Crippen LogP contribution in [0.3, 0.4) is 0 Å². The molecule has 1 aliphatic rings. The third kappa shape index (κ3) is 4.48. The van der Waals surface area contributed by atoms with Crippen LogP contribution in [0, 0.1) is 5.92 Å². The van der Waals surface area contributed by atoms with Crippen LogP contribution < -0.4 is 10.6 Å². The molecule has 0 spiro atoms. The van der Waals surface area contributed by atoms with Gasteiger partial charge in [-0.3, -0.25) is 0 Å². The maximum absolute atomic E-state index is 12.0. The zero-order chi connectivity index (χ0) is 13.5. The Kier molecular flexibility index (Phi) is 6.47. The van der Waals surface area contributed by atoms with Gasteiger partial charge in [-0.25, -0.2) is 4.79 Å². The normalized spacial score (nSPS) is 24.4. The monoisotopic (exact) mass is 255 g/mol. The van der Waals surface area contributed by atoms with Crippen molar-refractivity contribution in [2.45, 2.75) is 59.0 Å². The molecule has 1 aliphatic heterocycles. The molecule has 2 unspecified atom stereocenters. The highest BCUT2D eigenvalue weighted by Crippen LogP contribution is 2.20. The molecule has 0 radical (unpaired) electrons. The lowest BCUT2D eigenvalue weighted by atomic mass is 9.90. The summed E-state index contributed by atoms with van der Waals surface area (Å²) in [6.07, 6.45) is 3.38. The smallest absolute Gasteiger partial charge is 0.317 e. The van der Waals surface area contributed by atoms with Crippen LogP contribution in [0.25, 0.3) is 0 Å². The van der Waals surface area contributed by atoms with Crippen molar-refractivity contribution in [3.05, 3.63) is 0 Å². The van der Waals surface area contributed by atoms with Gasteiger partial charge in [0.25, 0.3) is 0 Å². The fraction of sp³-hybridized carbons (Fsp3) is 0.929. The molecule has 2 atom stereocenters. The lowest BCUT2D eigenvalue weighted by Crippen LogP contribution is -2.54. The summed E-state index contributed by atoms with van der Waals surface area (Å²) in [5.74, 6) is 0.586. The number of urea groups is 1. The molecule has 4 heteroatoms. The largest absolute Gasteiger partial charge is 0.336 e. The Morgan fingerprint density at radius 2 is 2.11 bits per heavy atom. The molecule has 1 fully saturated rings. The number of hydrogen-bond acceptors (Lipinski definition) is 2. The van der Waals surface area contributed by atoms with Crippen molar-refractivity contribution >= 4 is 6.03 Å². The van der Waals surface area contributed by atoms with Crippen molar-refractivity contribution in [1.82, 2.24) is 15.5 Å². The molecule has 0 aliphatic carbocycles. The first-order chi connectivity index (χ1) is 8.58. The van der Waals surface area contributed by atoms with Crippen LogP contribution in [-0.2, 0) is 0 Å². The van der Waals surface area contributed by atoms with Crippen LogP contribution in [0.5, 0.6) is 0 Å². The van der Waals surface area contributed by atoms with Crippen molar-refractivity contribution in [1.29, 1.82) is 0 Å². The Morgan fingerprint density at radius 1 is 1.39 bits per heavy atom. The summed E-state index contributed by atoms with van der Waals surface area (Å²) in [5.41, 5.74) is 0. The van der Waals surface area contributed by atoms with E-state index in [1.807, 2.05) is 18.7 Å².